The van der Waals surface area contributed by atoms with Gasteiger partial charge in [0.25, 0.3) is 5.91 Å². The summed E-state index contributed by atoms with van der Waals surface area (Å²) in [6, 6.07) is 5.68. The molecule has 1 aromatic carbocycles. The Kier molecular flexibility index (Phi) is 3.43. The van der Waals surface area contributed by atoms with Gasteiger partial charge in [0.15, 0.2) is 5.01 Å². The molecule has 4 nitrogen and oxygen atoms in total. The first-order valence-corrected chi connectivity index (χ1v) is 7.24. The summed E-state index contributed by atoms with van der Waals surface area (Å²) < 4.78 is 6.09. The normalized spacial score (nSPS) is 18.6. The number of ether oxygens (including phenoxy) is 1. The molecule has 19 heavy (non-hydrogen) atoms. The summed E-state index contributed by atoms with van der Waals surface area (Å²) in [5.74, 6) is -0.00868. The topological polar surface area (TPSA) is 42.4 Å². The van der Waals surface area contributed by atoms with Crippen molar-refractivity contribution in [3.05, 3.63) is 28.2 Å². The third-order valence-corrected chi connectivity index (χ3v) is 4.56. The quantitative estimate of drug-likeness (QED) is 0.875. The zero-order chi connectivity index (χ0) is 13.4. The Morgan fingerprint density at radius 3 is 3.16 bits per heavy atom. The molecule has 1 fully saturated rings. The number of amides is 1. The molecule has 1 unspecified atom stereocenters. The maximum atomic E-state index is 12.4. The Morgan fingerprint density at radius 2 is 2.47 bits per heavy atom. The zero-order valence-electron chi connectivity index (χ0n) is 10.4. The molecule has 1 aliphatic heterocycles. The van der Waals surface area contributed by atoms with E-state index in [-0.39, 0.29) is 11.9 Å². The van der Waals surface area contributed by atoms with Gasteiger partial charge in [0.05, 0.1) is 22.9 Å². The molecule has 3 rings (SSSR count). The SMILES string of the molecule is COCC1CCN1C(=O)c1nc2cc(Cl)ccc2s1. The fraction of sp³-hybridized carbons (Fsp3) is 0.385. The number of halogens is 1. The number of hydrogen-bond donors (Lipinski definition) is 0. The highest BCUT2D eigenvalue weighted by Crippen LogP contribution is 2.28. The molecule has 1 saturated heterocycles. The lowest BCUT2D eigenvalue weighted by Gasteiger charge is -2.39. The number of rotatable bonds is 3. The van der Waals surface area contributed by atoms with Gasteiger partial charge in [-0.15, -0.1) is 11.3 Å². The predicted molar refractivity (Wildman–Crippen MR) is 75.9 cm³/mol. The van der Waals surface area contributed by atoms with Crippen molar-refractivity contribution in [3.63, 3.8) is 0 Å². The average Bonchev–Trinajstić information content (AvgIpc) is 2.77. The molecule has 6 heteroatoms. The van der Waals surface area contributed by atoms with Crippen LogP contribution in [0.5, 0.6) is 0 Å². The van der Waals surface area contributed by atoms with E-state index in [0.717, 1.165) is 23.2 Å². The lowest BCUT2D eigenvalue weighted by Crippen LogP contribution is -2.53. The molecule has 1 amide bonds. The van der Waals surface area contributed by atoms with Crippen LogP contribution in [0, 0.1) is 0 Å². The molecule has 2 heterocycles. The van der Waals surface area contributed by atoms with Crippen molar-refractivity contribution < 1.29 is 9.53 Å². The van der Waals surface area contributed by atoms with Crippen molar-refractivity contribution >= 4 is 39.1 Å². The highest BCUT2D eigenvalue weighted by Gasteiger charge is 2.34. The molecular formula is C13H13ClN2O2S. The van der Waals surface area contributed by atoms with E-state index in [1.165, 1.54) is 11.3 Å². The van der Waals surface area contributed by atoms with Gasteiger partial charge in [-0.1, -0.05) is 11.6 Å². The molecule has 0 radical (unpaired) electrons. The number of nitrogens with zero attached hydrogens (tertiary/aromatic N) is 2. The maximum absolute atomic E-state index is 12.4. The molecule has 1 aromatic heterocycles. The Balaban J connectivity index is 1.85. The molecule has 0 bridgehead atoms. The maximum Gasteiger partial charge on any atom is 0.283 e. The molecule has 0 saturated carbocycles. The number of methoxy groups -OCH3 is 1. The second kappa shape index (κ2) is 5.07. The monoisotopic (exact) mass is 296 g/mol. The number of carbonyl (C=O) groups is 1. The van der Waals surface area contributed by atoms with Crippen LogP contribution in [0.4, 0.5) is 0 Å². The van der Waals surface area contributed by atoms with Crippen LogP contribution in [0.25, 0.3) is 10.2 Å². The van der Waals surface area contributed by atoms with Crippen molar-refractivity contribution in [2.45, 2.75) is 12.5 Å². The number of hydrogen-bond acceptors (Lipinski definition) is 4. The summed E-state index contributed by atoms with van der Waals surface area (Å²) in [6.07, 6.45) is 0.996. The van der Waals surface area contributed by atoms with E-state index in [9.17, 15) is 4.79 Å². The van der Waals surface area contributed by atoms with Crippen LogP contribution in [-0.2, 0) is 4.74 Å². The third-order valence-electron chi connectivity index (χ3n) is 3.30. The number of thiazole rings is 1. The smallest absolute Gasteiger partial charge is 0.283 e. The Labute approximate surface area is 119 Å². The van der Waals surface area contributed by atoms with Gasteiger partial charge >= 0.3 is 0 Å². The lowest BCUT2D eigenvalue weighted by molar-refractivity contribution is 0.0202. The standard InChI is InChI=1S/C13H13ClN2O2S/c1-18-7-9-4-5-16(9)13(17)12-15-10-6-8(14)2-3-11(10)19-12/h2-3,6,9H,4-5,7H2,1H3. The summed E-state index contributed by atoms with van der Waals surface area (Å²) >= 11 is 7.34. The van der Waals surface area contributed by atoms with E-state index in [1.807, 2.05) is 17.0 Å². The van der Waals surface area contributed by atoms with Gasteiger partial charge in [0.1, 0.15) is 0 Å². The number of aromatic nitrogens is 1. The number of benzene rings is 1. The van der Waals surface area contributed by atoms with Crippen LogP contribution in [0.3, 0.4) is 0 Å². The molecule has 0 aliphatic carbocycles. The van der Waals surface area contributed by atoms with Crippen LogP contribution in [0.2, 0.25) is 5.02 Å². The molecule has 1 aliphatic rings. The fourth-order valence-corrected chi connectivity index (χ4v) is 3.26. The Hall–Kier alpha value is -1.17. The minimum absolute atomic E-state index is 0.00868. The van der Waals surface area contributed by atoms with Crippen LogP contribution < -0.4 is 0 Å². The third kappa shape index (κ3) is 2.33. The Morgan fingerprint density at radius 1 is 1.63 bits per heavy atom. The summed E-state index contributed by atoms with van der Waals surface area (Å²) in [4.78, 5) is 18.5. The first-order chi connectivity index (χ1) is 9.19. The minimum atomic E-state index is -0.00868. The van der Waals surface area contributed by atoms with E-state index in [2.05, 4.69) is 4.98 Å². The van der Waals surface area contributed by atoms with Gasteiger partial charge in [-0.05, 0) is 24.6 Å². The molecule has 1 atom stereocenters. The predicted octanol–water partition coefficient (Wildman–Crippen LogP) is 2.81. The van der Waals surface area contributed by atoms with Gasteiger partial charge in [0.2, 0.25) is 0 Å². The highest BCUT2D eigenvalue weighted by atomic mass is 35.5. The molecule has 2 aromatic rings. The van der Waals surface area contributed by atoms with E-state index >= 15 is 0 Å². The van der Waals surface area contributed by atoms with E-state index < -0.39 is 0 Å². The van der Waals surface area contributed by atoms with Crippen LogP contribution in [0.1, 0.15) is 16.2 Å². The molecular weight excluding hydrogens is 284 g/mol. The number of carbonyl (C=O) groups excluding carboxylic acids is 1. The average molecular weight is 297 g/mol. The second-order valence-corrected chi connectivity index (χ2v) is 5.99. The van der Waals surface area contributed by atoms with Crippen molar-refractivity contribution in [1.29, 1.82) is 0 Å². The van der Waals surface area contributed by atoms with Gasteiger partial charge < -0.3 is 9.64 Å². The molecule has 0 N–H and O–H groups in total. The fourth-order valence-electron chi connectivity index (χ4n) is 2.19. The molecule has 100 valence electrons. The van der Waals surface area contributed by atoms with E-state index in [4.69, 9.17) is 16.3 Å². The minimum Gasteiger partial charge on any atom is -0.383 e. The Bertz CT molecular complexity index is 628. The van der Waals surface area contributed by atoms with Crippen molar-refractivity contribution in [1.82, 2.24) is 9.88 Å². The second-order valence-electron chi connectivity index (χ2n) is 4.53. The van der Waals surface area contributed by atoms with Crippen LogP contribution in [0.15, 0.2) is 18.2 Å². The van der Waals surface area contributed by atoms with Crippen molar-refractivity contribution in [2.75, 3.05) is 20.3 Å². The summed E-state index contributed by atoms with van der Waals surface area (Å²) in [5, 5.41) is 1.16. The lowest BCUT2D eigenvalue weighted by atomic mass is 10.0. The molecule has 0 spiro atoms. The van der Waals surface area contributed by atoms with E-state index in [1.54, 1.807) is 13.2 Å². The van der Waals surface area contributed by atoms with Crippen LogP contribution in [-0.4, -0.2) is 42.1 Å². The van der Waals surface area contributed by atoms with Gasteiger partial charge in [-0.3, -0.25) is 4.79 Å². The van der Waals surface area contributed by atoms with Gasteiger partial charge in [-0.25, -0.2) is 4.98 Å². The summed E-state index contributed by atoms with van der Waals surface area (Å²) in [6.45, 7) is 1.37. The zero-order valence-corrected chi connectivity index (χ0v) is 12.0. The number of fused-ring (bicyclic) bond motifs is 1. The summed E-state index contributed by atoms with van der Waals surface area (Å²) in [5.41, 5.74) is 0.782. The first kappa shape index (κ1) is 12.8. The van der Waals surface area contributed by atoms with Crippen LogP contribution >= 0.6 is 22.9 Å². The largest absolute Gasteiger partial charge is 0.383 e. The van der Waals surface area contributed by atoms with Crippen molar-refractivity contribution in [3.8, 4) is 0 Å². The number of likely N-dealkylation sites (tertiary alicyclic amines) is 1. The van der Waals surface area contributed by atoms with Crippen molar-refractivity contribution in [2.24, 2.45) is 0 Å². The highest BCUT2D eigenvalue weighted by molar-refractivity contribution is 7.20. The first-order valence-electron chi connectivity index (χ1n) is 6.05. The summed E-state index contributed by atoms with van der Waals surface area (Å²) in [7, 11) is 1.65. The van der Waals surface area contributed by atoms with Gasteiger partial charge in [-0.2, -0.15) is 0 Å². The van der Waals surface area contributed by atoms with E-state index in [0.29, 0.717) is 16.6 Å². The van der Waals surface area contributed by atoms with Gasteiger partial charge in [0, 0.05) is 18.7 Å².